The molecule has 0 rings (SSSR count). The van der Waals surface area contributed by atoms with Crippen molar-refractivity contribution in [2.75, 3.05) is 39.6 Å². The van der Waals surface area contributed by atoms with E-state index in [1.54, 1.807) is 0 Å². The quantitative estimate of drug-likeness (QED) is 0.0222. The fourth-order valence-corrected chi connectivity index (χ4v) is 14.7. The molecular formula is C84H164O17P2. The number of carbonyl (C=O) groups excluding carboxylic acids is 4. The number of phosphoric acid groups is 2. The van der Waals surface area contributed by atoms with Crippen LogP contribution in [0.4, 0.5) is 0 Å². The smallest absolute Gasteiger partial charge is 0.462 e. The molecule has 0 aliphatic rings. The molecule has 103 heavy (non-hydrogen) atoms. The van der Waals surface area contributed by atoms with Gasteiger partial charge in [-0.3, -0.25) is 37.3 Å². The zero-order chi connectivity index (χ0) is 75.5. The molecule has 0 aromatic heterocycles. The first-order chi connectivity index (χ1) is 50.0. The molecule has 0 saturated heterocycles. The van der Waals surface area contributed by atoms with Gasteiger partial charge in [-0.2, -0.15) is 0 Å². The fourth-order valence-electron chi connectivity index (χ4n) is 13.1. The fraction of sp³-hybridized carbons (Fsp3) is 0.952. The highest BCUT2D eigenvalue weighted by Gasteiger charge is 2.30. The number of hydrogen-bond donors (Lipinski definition) is 3. The number of ether oxygens (including phenoxy) is 4. The van der Waals surface area contributed by atoms with E-state index in [0.717, 1.165) is 102 Å². The Morgan fingerprint density at radius 2 is 0.447 bits per heavy atom. The second kappa shape index (κ2) is 76.8. The molecule has 612 valence electrons. The van der Waals surface area contributed by atoms with E-state index in [0.29, 0.717) is 25.7 Å². The summed E-state index contributed by atoms with van der Waals surface area (Å²) >= 11 is 0. The van der Waals surface area contributed by atoms with E-state index in [1.165, 1.54) is 270 Å². The van der Waals surface area contributed by atoms with Crippen molar-refractivity contribution in [3.63, 3.8) is 0 Å². The van der Waals surface area contributed by atoms with Crippen LogP contribution in [-0.2, 0) is 65.4 Å². The Bertz CT molecular complexity index is 1960. The van der Waals surface area contributed by atoms with Gasteiger partial charge in [0.1, 0.15) is 19.3 Å². The van der Waals surface area contributed by atoms with Gasteiger partial charge < -0.3 is 33.8 Å². The minimum absolute atomic E-state index is 0.108. The topological polar surface area (TPSA) is 237 Å². The molecule has 5 atom stereocenters. The van der Waals surface area contributed by atoms with Crippen LogP contribution in [-0.4, -0.2) is 96.7 Å². The van der Waals surface area contributed by atoms with Crippen LogP contribution in [0.25, 0.3) is 0 Å². The molecule has 0 heterocycles. The second-order valence-corrected chi connectivity index (χ2v) is 33.6. The van der Waals surface area contributed by atoms with E-state index in [9.17, 15) is 43.2 Å². The predicted octanol–water partition coefficient (Wildman–Crippen LogP) is 25.6. The largest absolute Gasteiger partial charge is 0.472 e. The van der Waals surface area contributed by atoms with Crippen molar-refractivity contribution < 1.29 is 80.2 Å². The summed E-state index contributed by atoms with van der Waals surface area (Å²) in [4.78, 5) is 73.0. The average molecular weight is 1510 g/mol. The molecule has 0 bridgehead atoms. The molecule has 0 aliphatic heterocycles. The summed E-state index contributed by atoms with van der Waals surface area (Å²) in [6.45, 7) is 7.35. The van der Waals surface area contributed by atoms with E-state index in [-0.39, 0.29) is 25.7 Å². The highest BCUT2D eigenvalue weighted by Crippen LogP contribution is 2.45. The molecule has 0 fully saturated rings. The van der Waals surface area contributed by atoms with Gasteiger partial charge in [-0.1, -0.05) is 401 Å². The van der Waals surface area contributed by atoms with E-state index in [4.69, 9.17) is 37.0 Å². The van der Waals surface area contributed by atoms with E-state index in [2.05, 4.69) is 34.6 Å². The maximum absolute atomic E-state index is 13.1. The maximum Gasteiger partial charge on any atom is 0.472 e. The minimum Gasteiger partial charge on any atom is -0.462 e. The van der Waals surface area contributed by atoms with Crippen molar-refractivity contribution in [3.05, 3.63) is 0 Å². The van der Waals surface area contributed by atoms with Crippen LogP contribution >= 0.6 is 15.6 Å². The standard InChI is InChI=1S/C84H164O17P2/c1-6-9-12-15-18-21-23-25-26-27-28-29-30-31-36-39-42-46-50-55-60-65-70-84(89)101-80(74-95-82(87)68-63-58-53-48-45-41-38-35-33-32-34-37-40-43-47-51-56-61-66-77(4)5)76-99-103(92,93)97-72-78(85)71-96-102(90,91)98-75-79(73-94-81(86)67-62-57-52-20-17-14-11-8-3)100-83(88)69-64-59-54-49-44-24-22-19-16-13-10-7-2/h77-80,85H,6-76H2,1-5H3,(H,90,91)(H,92,93)/t78-,79+,80+/m0/s1. The van der Waals surface area contributed by atoms with Crippen LogP contribution in [0, 0.1) is 5.92 Å². The molecular weight excluding hydrogens is 1340 g/mol. The lowest BCUT2D eigenvalue weighted by Gasteiger charge is -2.21. The molecule has 0 spiro atoms. The summed E-state index contributed by atoms with van der Waals surface area (Å²) in [5.74, 6) is -1.28. The summed E-state index contributed by atoms with van der Waals surface area (Å²) in [5.41, 5.74) is 0. The third-order valence-electron chi connectivity index (χ3n) is 19.8. The van der Waals surface area contributed by atoms with Gasteiger partial charge in [0.2, 0.25) is 0 Å². The van der Waals surface area contributed by atoms with Gasteiger partial charge in [0, 0.05) is 25.7 Å². The first-order valence-electron chi connectivity index (χ1n) is 43.6. The third kappa shape index (κ3) is 78.0. The van der Waals surface area contributed by atoms with Gasteiger partial charge in [0.25, 0.3) is 0 Å². The molecule has 0 radical (unpaired) electrons. The average Bonchev–Trinajstić information content (AvgIpc) is 0.941. The first kappa shape index (κ1) is 101. The Morgan fingerprint density at radius 3 is 0.660 bits per heavy atom. The number of rotatable bonds is 84. The predicted molar refractivity (Wildman–Crippen MR) is 423 cm³/mol. The zero-order valence-corrected chi connectivity index (χ0v) is 69.3. The van der Waals surface area contributed by atoms with Crippen molar-refractivity contribution in [1.82, 2.24) is 0 Å². The molecule has 2 unspecified atom stereocenters. The Hall–Kier alpha value is -1.94. The molecule has 0 saturated carbocycles. The highest BCUT2D eigenvalue weighted by molar-refractivity contribution is 7.47. The van der Waals surface area contributed by atoms with Gasteiger partial charge in [0.15, 0.2) is 12.2 Å². The van der Waals surface area contributed by atoms with Gasteiger partial charge >= 0.3 is 39.5 Å². The van der Waals surface area contributed by atoms with Crippen molar-refractivity contribution in [3.8, 4) is 0 Å². The monoisotopic (exact) mass is 1510 g/mol. The lowest BCUT2D eigenvalue weighted by molar-refractivity contribution is -0.161. The maximum atomic E-state index is 13.1. The lowest BCUT2D eigenvalue weighted by Crippen LogP contribution is -2.30. The summed E-state index contributed by atoms with van der Waals surface area (Å²) < 4.78 is 68.7. The SMILES string of the molecule is CCCCCCCCCCCCCCCCCCCCCCCCC(=O)O[C@H](COC(=O)CCCCCCCCCCCCCCCCCCCCC(C)C)COP(=O)(O)OC[C@@H](O)COP(=O)(O)OC[C@@H](COC(=O)CCCCCCCCCC)OC(=O)CCCCCCCCCCCCCC. The molecule has 3 N–H and O–H groups in total. The Balaban J connectivity index is 5.15. The van der Waals surface area contributed by atoms with Crippen molar-refractivity contribution in [2.45, 2.75) is 470 Å². The summed E-state index contributed by atoms with van der Waals surface area (Å²) in [5, 5.41) is 10.6. The van der Waals surface area contributed by atoms with Gasteiger partial charge in [-0.25, -0.2) is 9.13 Å². The molecule has 0 aromatic rings. The molecule has 19 heteroatoms. The summed E-state index contributed by atoms with van der Waals surface area (Å²) in [6.07, 6.45) is 69.7. The van der Waals surface area contributed by atoms with E-state index < -0.39 is 97.5 Å². The third-order valence-corrected chi connectivity index (χ3v) is 21.7. The number of phosphoric ester groups is 2. The number of aliphatic hydroxyl groups excluding tert-OH is 1. The van der Waals surface area contributed by atoms with Crippen LogP contribution in [0.3, 0.4) is 0 Å². The van der Waals surface area contributed by atoms with Crippen molar-refractivity contribution in [1.29, 1.82) is 0 Å². The first-order valence-corrected chi connectivity index (χ1v) is 46.6. The Labute approximate surface area is 632 Å². The lowest BCUT2D eigenvalue weighted by atomic mass is 10.0. The molecule has 0 aliphatic carbocycles. The molecule has 0 aromatic carbocycles. The van der Waals surface area contributed by atoms with E-state index in [1.807, 2.05) is 0 Å². The Morgan fingerprint density at radius 1 is 0.262 bits per heavy atom. The molecule has 0 amide bonds. The zero-order valence-electron chi connectivity index (χ0n) is 67.5. The second-order valence-electron chi connectivity index (χ2n) is 30.7. The summed E-state index contributed by atoms with van der Waals surface area (Å²) in [6, 6.07) is 0. The number of unbranched alkanes of at least 4 members (excludes halogenated alkanes) is 56. The van der Waals surface area contributed by atoms with Crippen molar-refractivity contribution >= 4 is 39.5 Å². The van der Waals surface area contributed by atoms with Crippen LogP contribution < -0.4 is 0 Å². The highest BCUT2D eigenvalue weighted by atomic mass is 31.2. The van der Waals surface area contributed by atoms with Gasteiger partial charge in [0.05, 0.1) is 26.4 Å². The number of esters is 4. The number of carbonyl (C=O) groups is 4. The minimum atomic E-state index is -4.96. The van der Waals surface area contributed by atoms with Gasteiger partial charge in [-0.05, 0) is 31.6 Å². The normalized spacial score (nSPS) is 13.8. The van der Waals surface area contributed by atoms with Crippen LogP contribution in [0.5, 0.6) is 0 Å². The van der Waals surface area contributed by atoms with Crippen LogP contribution in [0.15, 0.2) is 0 Å². The van der Waals surface area contributed by atoms with Crippen LogP contribution in [0.2, 0.25) is 0 Å². The Kier molecular flexibility index (Phi) is 75.4. The molecule has 17 nitrogen and oxygen atoms in total. The number of aliphatic hydroxyl groups is 1. The van der Waals surface area contributed by atoms with Gasteiger partial charge in [-0.15, -0.1) is 0 Å². The number of hydrogen-bond acceptors (Lipinski definition) is 15. The van der Waals surface area contributed by atoms with E-state index >= 15 is 0 Å². The van der Waals surface area contributed by atoms with Crippen molar-refractivity contribution in [2.24, 2.45) is 5.92 Å². The van der Waals surface area contributed by atoms with Crippen LogP contribution in [0.1, 0.15) is 452 Å². The summed E-state index contributed by atoms with van der Waals surface area (Å²) in [7, 11) is -9.92.